The number of anilines is 2. The molecule has 0 aliphatic rings. The Kier molecular flexibility index (Phi) is 3.67. The molecule has 0 aliphatic carbocycles. The van der Waals surface area contributed by atoms with E-state index in [9.17, 15) is 0 Å². The lowest BCUT2D eigenvalue weighted by Crippen LogP contribution is -2.08. The molecule has 18 heavy (non-hydrogen) atoms. The van der Waals surface area contributed by atoms with Gasteiger partial charge in [-0.1, -0.05) is 23.7 Å². The van der Waals surface area contributed by atoms with E-state index in [0.717, 1.165) is 22.0 Å². The van der Waals surface area contributed by atoms with Crippen molar-refractivity contribution in [2.45, 2.75) is 20.4 Å². The van der Waals surface area contributed by atoms with Gasteiger partial charge in [-0.25, -0.2) is 9.97 Å². The van der Waals surface area contributed by atoms with Crippen molar-refractivity contribution in [1.82, 2.24) is 9.97 Å². The van der Waals surface area contributed by atoms with Crippen LogP contribution in [0, 0.1) is 13.8 Å². The highest BCUT2D eigenvalue weighted by atomic mass is 35.5. The Balaban J connectivity index is 2.13. The lowest BCUT2D eigenvalue weighted by molar-refractivity contribution is 1.01. The molecular weight excluding hydrogens is 248 g/mol. The molecule has 1 aromatic carbocycles. The van der Waals surface area contributed by atoms with Gasteiger partial charge in [0, 0.05) is 17.1 Å². The van der Waals surface area contributed by atoms with E-state index >= 15 is 0 Å². The van der Waals surface area contributed by atoms with Crippen molar-refractivity contribution in [3.63, 3.8) is 0 Å². The molecule has 1 heterocycles. The maximum Gasteiger partial charge on any atom is 0.135 e. The number of aryl methyl sites for hydroxylation is 1. The minimum Gasteiger partial charge on any atom is -0.383 e. The van der Waals surface area contributed by atoms with Crippen LogP contribution in [-0.2, 0) is 6.54 Å². The van der Waals surface area contributed by atoms with Crippen LogP contribution in [0.2, 0.25) is 5.02 Å². The van der Waals surface area contributed by atoms with Crippen molar-refractivity contribution in [1.29, 1.82) is 0 Å². The summed E-state index contributed by atoms with van der Waals surface area (Å²) in [5.41, 5.74) is 7.80. The van der Waals surface area contributed by atoms with Gasteiger partial charge in [0.1, 0.15) is 17.5 Å². The second-order valence-corrected chi connectivity index (χ2v) is 4.55. The zero-order valence-corrected chi connectivity index (χ0v) is 11.1. The van der Waals surface area contributed by atoms with Gasteiger partial charge in [-0.3, -0.25) is 0 Å². The van der Waals surface area contributed by atoms with Crippen molar-refractivity contribution in [3.8, 4) is 0 Å². The van der Waals surface area contributed by atoms with Gasteiger partial charge in [-0.05, 0) is 31.5 Å². The Morgan fingerprint density at radius 3 is 2.50 bits per heavy atom. The maximum atomic E-state index is 5.84. The summed E-state index contributed by atoms with van der Waals surface area (Å²) in [6.45, 7) is 4.40. The fourth-order valence-electron chi connectivity index (χ4n) is 1.61. The largest absolute Gasteiger partial charge is 0.383 e. The zero-order chi connectivity index (χ0) is 13.1. The molecule has 0 saturated heterocycles. The number of benzene rings is 1. The SMILES string of the molecule is Cc1nc(N)c(C)c(NCc2ccc(Cl)cc2)n1. The first-order chi connectivity index (χ1) is 8.56. The summed E-state index contributed by atoms with van der Waals surface area (Å²) >= 11 is 5.84. The standard InChI is InChI=1S/C13H15ClN4/c1-8-12(15)17-9(2)18-13(8)16-7-10-3-5-11(14)6-4-10/h3-6H,7H2,1-2H3,(H3,15,16,17,18). The molecule has 0 saturated carbocycles. The van der Waals surface area contributed by atoms with Crippen LogP contribution in [0.5, 0.6) is 0 Å². The zero-order valence-electron chi connectivity index (χ0n) is 10.4. The number of hydrogen-bond acceptors (Lipinski definition) is 4. The number of rotatable bonds is 3. The van der Waals surface area contributed by atoms with E-state index in [4.69, 9.17) is 17.3 Å². The van der Waals surface area contributed by atoms with Gasteiger partial charge in [0.25, 0.3) is 0 Å². The van der Waals surface area contributed by atoms with E-state index in [1.165, 1.54) is 0 Å². The first kappa shape index (κ1) is 12.6. The molecule has 0 spiro atoms. The molecule has 2 rings (SSSR count). The predicted molar refractivity (Wildman–Crippen MR) is 74.7 cm³/mol. The summed E-state index contributed by atoms with van der Waals surface area (Å²) < 4.78 is 0. The Morgan fingerprint density at radius 2 is 1.83 bits per heavy atom. The Bertz CT molecular complexity index is 552. The van der Waals surface area contributed by atoms with Crippen molar-refractivity contribution < 1.29 is 0 Å². The topological polar surface area (TPSA) is 63.8 Å². The molecule has 2 aromatic rings. The van der Waals surface area contributed by atoms with E-state index in [1.807, 2.05) is 38.1 Å². The quantitative estimate of drug-likeness (QED) is 0.893. The van der Waals surface area contributed by atoms with Gasteiger partial charge < -0.3 is 11.1 Å². The van der Waals surface area contributed by atoms with Gasteiger partial charge in [0.05, 0.1) is 0 Å². The lowest BCUT2D eigenvalue weighted by atomic mass is 10.2. The molecule has 94 valence electrons. The number of nitrogen functional groups attached to an aromatic ring is 1. The van der Waals surface area contributed by atoms with E-state index in [0.29, 0.717) is 18.2 Å². The summed E-state index contributed by atoms with van der Waals surface area (Å²) in [5, 5.41) is 3.99. The third-order valence-corrected chi connectivity index (χ3v) is 2.92. The molecule has 0 aliphatic heterocycles. The smallest absolute Gasteiger partial charge is 0.135 e. The Morgan fingerprint density at radius 1 is 1.17 bits per heavy atom. The molecule has 0 atom stereocenters. The van der Waals surface area contributed by atoms with E-state index in [1.54, 1.807) is 0 Å². The summed E-state index contributed by atoms with van der Waals surface area (Å²) in [7, 11) is 0. The number of nitrogens with one attached hydrogen (secondary N) is 1. The first-order valence-electron chi connectivity index (χ1n) is 5.65. The van der Waals surface area contributed by atoms with Gasteiger partial charge in [0.15, 0.2) is 0 Å². The third kappa shape index (κ3) is 2.90. The first-order valence-corrected chi connectivity index (χ1v) is 6.03. The second kappa shape index (κ2) is 5.23. The van der Waals surface area contributed by atoms with Gasteiger partial charge in [0.2, 0.25) is 0 Å². The summed E-state index contributed by atoms with van der Waals surface area (Å²) in [4.78, 5) is 8.45. The van der Waals surface area contributed by atoms with Crippen molar-refractivity contribution in [3.05, 3.63) is 46.2 Å². The fourth-order valence-corrected chi connectivity index (χ4v) is 1.74. The monoisotopic (exact) mass is 262 g/mol. The second-order valence-electron chi connectivity index (χ2n) is 4.11. The van der Waals surface area contributed by atoms with Crippen LogP contribution >= 0.6 is 11.6 Å². The molecule has 3 N–H and O–H groups in total. The van der Waals surface area contributed by atoms with Crippen LogP contribution in [0.3, 0.4) is 0 Å². The van der Waals surface area contributed by atoms with Crippen molar-refractivity contribution >= 4 is 23.2 Å². The van der Waals surface area contributed by atoms with Gasteiger partial charge in [-0.15, -0.1) is 0 Å². The third-order valence-electron chi connectivity index (χ3n) is 2.67. The van der Waals surface area contributed by atoms with Crippen LogP contribution < -0.4 is 11.1 Å². The number of halogens is 1. The fraction of sp³-hybridized carbons (Fsp3) is 0.231. The van der Waals surface area contributed by atoms with Crippen molar-refractivity contribution in [2.75, 3.05) is 11.1 Å². The van der Waals surface area contributed by atoms with Crippen LogP contribution in [0.25, 0.3) is 0 Å². The van der Waals surface area contributed by atoms with E-state index in [-0.39, 0.29) is 0 Å². The van der Waals surface area contributed by atoms with Crippen LogP contribution in [0.4, 0.5) is 11.6 Å². The molecule has 0 amide bonds. The highest BCUT2D eigenvalue weighted by Gasteiger charge is 2.06. The summed E-state index contributed by atoms with van der Waals surface area (Å²) in [6, 6.07) is 7.68. The molecule has 4 nitrogen and oxygen atoms in total. The minimum atomic E-state index is 0.515. The Hall–Kier alpha value is -1.81. The highest BCUT2D eigenvalue weighted by Crippen LogP contribution is 2.18. The molecule has 0 radical (unpaired) electrons. The summed E-state index contributed by atoms with van der Waals surface area (Å²) in [6.07, 6.45) is 0. The molecule has 1 aromatic heterocycles. The number of nitrogens with two attached hydrogens (primary N) is 1. The van der Waals surface area contributed by atoms with Crippen LogP contribution in [0.1, 0.15) is 17.0 Å². The minimum absolute atomic E-state index is 0.515. The average molecular weight is 263 g/mol. The number of aromatic nitrogens is 2. The van der Waals surface area contributed by atoms with Crippen LogP contribution in [-0.4, -0.2) is 9.97 Å². The highest BCUT2D eigenvalue weighted by molar-refractivity contribution is 6.30. The lowest BCUT2D eigenvalue weighted by Gasteiger charge is -2.10. The Labute approximate surface area is 111 Å². The van der Waals surface area contributed by atoms with Gasteiger partial charge in [-0.2, -0.15) is 0 Å². The average Bonchev–Trinajstić information content (AvgIpc) is 2.34. The summed E-state index contributed by atoms with van der Waals surface area (Å²) in [5.74, 6) is 1.95. The molecule has 0 fully saturated rings. The molecule has 0 bridgehead atoms. The number of hydrogen-bond donors (Lipinski definition) is 2. The van der Waals surface area contributed by atoms with E-state index < -0.39 is 0 Å². The predicted octanol–water partition coefficient (Wildman–Crippen LogP) is 2.94. The molecule has 0 unspecified atom stereocenters. The normalized spacial score (nSPS) is 10.4. The van der Waals surface area contributed by atoms with Crippen LogP contribution in [0.15, 0.2) is 24.3 Å². The van der Waals surface area contributed by atoms with Crippen molar-refractivity contribution in [2.24, 2.45) is 0 Å². The molecular formula is C13H15ClN4. The number of nitrogens with zero attached hydrogens (tertiary/aromatic N) is 2. The maximum absolute atomic E-state index is 5.84. The van der Waals surface area contributed by atoms with E-state index in [2.05, 4.69) is 15.3 Å². The molecule has 5 heteroatoms. The van der Waals surface area contributed by atoms with Gasteiger partial charge >= 0.3 is 0 Å².